The van der Waals surface area contributed by atoms with Crippen LogP contribution in [0, 0.1) is 11.8 Å². The third-order valence-electron chi connectivity index (χ3n) is 2.88. The summed E-state index contributed by atoms with van der Waals surface area (Å²) in [5.41, 5.74) is 6.65. The van der Waals surface area contributed by atoms with Gasteiger partial charge in [0.2, 0.25) is 0 Å². The van der Waals surface area contributed by atoms with E-state index in [1.165, 1.54) is 0 Å². The maximum absolute atomic E-state index is 10.1. The fourth-order valence-corrected chi connectivity index (χ4v) is 1.84. The molecule has 1 aliphatic rings. The number of aliphatic hydroxyl groups is 1. The minimum absolute atomic E-state index is 0.142. The highest BCUT2D eigenvalue weighted by molar-refractivity contribution is 5.09. The number of nitrogens with two attached hydrogens (primary N) is 1. The first-order valence-electron chi connectivity index (χ1n) is 5.35. The lowest BCUT2D eigenvalue weighted by molar-refractivity contribution is 0.100. The average Bonchev–Trinajstić information content (AvgIpc) is 2.19. The predicted molar refractivity (Wildman–Crippen MR) is 56.7 cm³/mol. The van der Waals surface area contributed by atoms with E-state index >= 15 is 0 Å². The van der Waals surface area contributed by atoms with E-state index in [9.17, 15) is 5.11 Å². The molecule has 3 heteroatoms. The van der Waals surface area contributed by atoms with Crippen molar-refractivity contribution < 1.29 is 9.84 Å². The molecular formula is C11H21NO2. The summed E-state index contributed by atoms with van der Waals surface area (Å²) in [6.07, 6.45) is 3.21. The second-order valence-corrected chi connectivity index (χ2v) is 4.26. The standard InChI is InChI=1S/C11H21NO2/c1-8(2)10(6-12)11(13)9-4-3-5-14-7-9/h7-8,10-11,13H,3-6,12H2,1-2H3. The Morgan fingerprint density at radius 2 is 2.29 bits per heavy atom. The van der Waals surface area contributed by atoms with Gasteiger partial charge in [-0.1, -0.05) is 13.8 Å². The van der Waals surface area contributed by atoms with Gasteiger partial charge in [-0.25, -0.2) is 0 Å². The highest BCUT2D eigenvalue weighted by Crippen LogP contribution is 2.24. The summed E-state index contributed by atoms with van der Waals surface area (Å²) in [6, 6.07) is 0. The molecule has 0 saturated carbocycles. The van der Waals surface area contributed by atoms with Gasteiger partial charge in [0.15, 0.2) is 0 Å². The lowest BCUT2D eigenvalue weighted by atomic mass is 9.85. The third kappa shape index (κ3) is 2.72. The molecule has 3 nitrogen and oxygen atoms in total. The van der Waals surface area contributed by atoms with Crippen LogP contribution in [0.4, 0.5) is 0 Å². The van der Waals surface area contributed by atoms with Crippen LogP contribution in [0.5, 0.6) is 0 Å². The molecule has 2 atom stereocenters. The molecule has 0 radical (unpaired) electrons. The largest absolute Gasteiger partial charge is 0.501 e. The Kier molecular flexibility index (Phi) is 4.42. The second-order valence-electron chi connectivity index (χ2n) is 4.26. The lowest BCUT2D eigenvalue weighted by Gasteiger charge is -2.28. The summed E-state index contributed by atoms with van der Waals surface area (Å²) < 4.78 is 5.21. The van der Waals surface area contributed by atoms with Crippen LogP contribution in [-0.2, 0) is 4.74 Å². The number of hydrogen-bond acceptors (Lipinski definition) is 3. The van der Waals surface area contributed by atoms with Crippen LogP contribution in [0.1, 0.15) is 26.7 Å². The van der Waals surface area contributed by atoms with Crippen LogP contribution in [0.25, 0.3) is 0 Å². The number of aliphatic hydroxyl groups excluding tert-OH is 1. The molecule has 14 heavy (non-hydrogen) atoms. The fraction of sp³-hybridized carbons (Fsp3) is 0.818. The van der Waals surface area contributed by atoms with Gasteiger partial charge in [0.25, 0.3) is 0 Å². The van der Waals surface area contributed by atoms with Crippen LogP contribution >= 0.6 is 0 Å². The zero-order valence-corrected chi connectivity index (χ0v) is 9.07. The van der Waals surface area contributed by atoms with E-state index in [4.69, 9.17) is 10.5 Å². The van der Waals surface area contributed by atoms with E-state index in [1.54, 1.807) is 6.26 Å². The zero-order valence-electron chi connectivity index (χ0n) is 9.07. The van der Waals surface area contributed by atoms with Crippen molar-refractivity contribution in [2.45, 2.75) is 32.8 Å². The molecule has 0 amide bonds. The molecule has 3 N–H and O–H groups in total. The highest BCUT2D eigenvalue weighted by Gasteiger charge is 2.25. The molecule has 2 unspecified atom stereocenters. The summed E-state index contributed by atoms with van der Waals surface area (Å²) in [6.45, 7) is 5.47. The maximum Gasteiger partial charge on any atom is 0.0876 e. The minimum Gasteiger partial charge on any atom is -0.501 e. The van der Waals surface area contributed by atoms with Gasteiger partial charge in [-0.15, -0.1) is 0 Å². The molecule has 1 rings (SSSR count). The molecule has 82 valence electrons. The van der Waals surface area contributed by atoms with E-state index in [2.05, 4.69) is 13.8 Å². The minimum atomic E-state index is -0.430. The average molecular weight is 199 g/mol. The molecule has 0 bridgehead atoms. The molecule has 0 spiro atoms. The fourth-order valence-electron chi connectivity index (χ4n) is 1.84. The lowest BCUT2D eigenvalue weighted by Crippen LogP contribution is -2.34. The van der Waals surface area contributed by atoms with Crippen LogP contribution in [0.2, 0.25) is 0 Å². The van der Waals surface area contributed by atoms with Gasteiger partial charge in [0.1, 0.15) is 0 Å². The van der Waals surface area contributed by atoms with Crippen molar-refractivity contribution in [2.24, 2.45) is 17.6 Å². The zero-order chi connectivity index (χ0) is 10.6. The molecule has 0 fully saturated rings. The first-order valence-corrected chi connectivity index (χ1v) is 5.35. The molecule has 0 saturated heterocycles. The third-order valence-corrected chi connectivity index (χ3v) is 2.88. The van der Waals surface area contributed by atoms with Crippen molar-refractivity contribution in [3.8, 4) is 0 Å². The van der Waals surface area contributed by atoms with Gasteiger partial charge in [-0.3, -0.25) is 0 Å². The first kappa shape index (κ1) is 11.5. The monoisotopic (exact) mass is 199 g/mol. The molecule has 0 aromatic heterocycles. The Balaban J connectivity index is 2.61. The smallest absolute Gasteiger partial charge is 0.0876 e. The Morgan fingerprint density at radius 3 is 2.71 bits per heavy atom. The van der Waals surface area contributed by atoms with Gasteiger partial charge in [0, 0.05) is 5.92 Å². The number of rotatable bonds is 4. The summed E-state index contributed by atoms with van der Waals surface area (Å²) in [7, 11) is 0. The predicted octanol–water partition coefficient (Wildman–Crippen LogP) is 1.27. The van der Waals surface area contributed by atoms with Crippen molar-refractivity contribution in [3.63, 3.8) is 0 Å². The van der Waals surface area contributed by atoms with Crippen molar-refractivity contribution in [2.75, 3.05) is 13.2 Å². The Hall–Kier alpha value is -0.540. The normalized spacial score (nSPS) is 21.4. The van der Waals surface area contributed by atoms with Crippen LogP contribution in [0.15, 0.2) is 11.8 Å². The van der Waals surface area contributed by atoms with Gasteiger partial charge in [-0.05, 0) is 30.9 Å². The molecule has 1 aliphatic heterocycles. The van der Waals surface area contributed by atoms with Gasteiger partial charge in [0.05, 0.1) is 19.0 Å². The van der Waals surface area contributed by atoms with E-state index < -0.39 is 6.10 Å². The van der Waals surface area contributed by atoms with E-state index in [1.807, 2.05) is 0 Å². The van der Waals surface area contributed by atoms with Crippen molar-refractivity contribution >= 4 is 0 Å². The van der Waals surface area contributed by atoms with Crippen molar-refractivity contribution in [1.82, 2.24) is 0 Å². The molecular weight excluding hydrogens is 178 g/mol. The summed E-state index contributed by atoms with van der Waals surface area (Å²) >= 11 is 0. The van der Waals surface area contributed by atoms with Gasteiger partial charge >= 0.3 is 0 Å². The molecule has 0 aliphatic carbocycles. The SMILES string of the molecule is CC(C)C(CN)C(O)C1=COCCC1. The summed E-state index contributed by atoms with van der Waals surface area (Å²) in [5, 5.41) is 10.1. The highest BCUT2D eigenvalue weighted by atomic mass is 16.5. The summed E-state index contributed by atoms with van der Waals surface area (Å²) in [4.78, 5) is 0. The summed E-state index contributed by atoms with van der Waals surface area (Å²) in [5.74, 6) is 0.542. The quantitative estimate of drug-likeness (QED) is 0.717. The van der Waals surface area contributed by atoms with E-state index in [0.717, 1.165) is 25.0 Å². The first-order chi connectivity index (χ1) is 6.66. The van der Waals surface area contributed by atoms with Crippen LogP contribution in [0.3, 0.4) is 0 Å². The topological polar surface area (TPSA) is 55.5 Å². The van der Waals surface area contributed by atoms with Crippen LogP contribution in [-0.4, -0.2) is 24.4 Å². The van der Waals surface area contributed by atoms with Gasteiger partial charge < -0.3 is 15.6 Å². The molecule has 1 heterocycles. The number of ether oxygens (including phenoxy) is 1. The molecule has 0 aromatic carbocycles. The number of hydrogen-bond donors (Lipinski definition) is 2. The second kappa shape index (κ2) is 5.37. The maximum atomic E-state index is 10.1. The Morgan fingerprint density at radius 1 is 1.57 bits per heavy atom. The van der Waals surface area contributed by atoms with E-state index in [0.29, 0.717) is 12.5 Å². The van der Waals surface area contributed by atoms with E-state index in [-0.39, 0.29) is 5.92 Å². The Labute approximate surface area is 85.9 Å². The Bertz CT molecular complexity index is 201. The molecule has 0 aromatic rings. The van der Waals surface area contributed by atoms with Gasteiger partial charge in [-0.2, -0.15) is 0 Å². The van der Waals surface area contributed by atoms with Crippen LogP contribution < -0.4 is 5.73 Å². The van der Waals surface area contributed by atoms with Crippen molar-refractivity contribution in [3.05, 3.63) is 11.8 Å². The van der Waals surface area contributed by atoms with Crippen molar-refractivity contribution in [1.29, 1.82) is 0 Å².